The van der Waals surface area contributed by atoms with Crippen molar-refractivity contribution in [2.45, 2.75) is 37.3 Å². The minimum atomic E-state index is -1.49. The van der Waals surface area contributed by atoms with Gasteiger partial charge in [-0.25, -0.2) is 0 Å². The number of benzene rings is 5. The standard InChI is InChI=1S/C36H30O4/c1-23-13-17-27(18-14-23)35(37)29-21-30-32(22-31(29)39-33(35)25-9-5-3-6-10-25)40-34(26-11-7-4-8-12-26)36(30,38)28-19-15-24(2)16-20-28/h3-22,33-34,37-38H,1-2H3. The summed E-state index contributed by atoms with van der Waals surface area (Å²) in [5.74, 6) is 1.08. The van der Waals surface area contributed by atoms with Crippen molar-refractivity contribution in [3.63, 3.8) is 0 Å². The summed E-state index contributed by atoms with van der Waals surface area (Å²) in [6.45, 7) is 4.05. The first-order valence-electron chi connectivity index (χ1n) is 13.6. The van der Waals surface area contributed by atoms with Crippen molar-refractivity contribution in [2.75, 3.05) is 0 Å². The molecule has 4 nitrogen and oxygen atoms in total. The van der Waals surface area contributed by atoms with E-state index in [0.717, 1.165) is 33.4 Å². The number of fused-ring (bicyclic) bond motifs is 2. The zero-order valence-electron chi connectivity index (χ0n) is 22.4. The molecule has 0 radical (unpaired) electrons. The van der Waals surface area contributed by atoms with Crippen molar-refractivity contribution in [2.24, 2.45) is 0 Å². The zero-order valence-corrected chi connectivity index (χ0v) is 22.4. The van der Waals surface area contributed by atoms with E-state index < -0.39 is 23.4 Å². The molecule has 5 aromatic rings. The van der Waals surface area contributed by atoms with Crippen LogP contribution < -0.4 is 9.47 Å². The zero-order chi connectivity index (χ0) is 27.5. The smallest absolute Gasteiger partial charge is 0.161 e. The van der Waals surface area contributed by atoms with E-state index in [9.17, 15) is 10.2 Å². The number of aliphatic hydroxyl groups is 2. The van der Waals surface area contributed by atoms with Crippen LogP contribution in [0.3, 0.4) is 0 Å². The molecule has 0 aromatic heterocycles. The Labute approximate surface area is 234 Å². The van der Waals surface area contributed by atoms with Crippen LogP contribution >= 0.6 is 0 Å². The molecule has 0 saturated heterocycles. The molecule has 2 N–H and O–H groups in total. The molecule has 4 atom stereocenters. The van der Waals surface area contributed by atoms with Crippen molar-refractivity contribution < 1.29 is 19.7 Å². The molecule has 0 spiro atoms. The minimum Gasteiger partial charge on any atom is -0.481 e. The summed E-state index contributed by atoms with van der Waals surface area (Å²) in [6.07, 6.45) is -1.35. The maximum atomic E-state index is 12.7. The van der Waals surface area contributed by atoms with E-state index in [1.54, 1.807) is 0 Å². The maximum Gasteiger partial charge on any atom is 0.161 e. The third-order valence-corrected chi connectivity index (χ3v) is 8.34. The van der Waals surface area contributed by atoms with Gasteiger partial charge in [0.05, 0.1) is 0 Å². The highest BCUT2D eigenvalue weighted by Gasteiger charge is 2.55. The van der Waals surface area contributed by atoms with E-state index in [0.29, 0.717) is 22.6 Å². The monoisotopic (exact) mass is 526 g/mol. The summed E-state index contributed by atoms with van der Waals surface area (Å²) in [5.41, 5.74) is 3.60. The fourth-order valence-corrected chi connectivity index (χ4v) is 6.16. The summed E-state index contributed by atoms with van der Waals surface area (Å²) in [6, 6.07) is 39.1. The van der Waals surface area contributed by atoms with E-state index in [4.69, 9.17) is 9.47 Å². The van der Waals surface area contributed by atoms with Gasteiger partial charge in [-0.3, -0.25) is 0 Å². The van der Waals surface area contributed by atoms with E-state index >= 15 is 0 Å². The Morgan fingerprint density at radius 3 is 1.25 bits per heavy atom. The highest BCUT2D eigenvalue weighted by atomic mass is 16.5. The van der Waals surface area contributed by atoms with Gasteiger partial charge in [-0.05, 0) is 42.2 Å². The lowest BCUT2D eigenvalue weighted by atomic mass is 9.76. The summed E-state index contributed by atoms with van der Waals surface area (Å²) in [4.78, 5) is 0. The van der Waals surface area contributed by atoms with Gasteiger partial charge in [0.1, 0.15) is 11.5 Å². The van der Waals surface area contributed by atoms with Crippen LogP contribution in [0.1, 0.15) is 56.7 Å². The molecule has 40 heavy (non-hydrogen) atoms. The molecular formula is C36H30O4. The molecule has 2 aliphatic heterocycles. The van der Waals surface area contributed by atoms with E-state index in [2.05, 4.69) is 0 Å². The lowest BCUT2D eigenvalue weighted by Crippen LogP contribution is -2.34. The number of aryl methyl sites for hydroxylation is 2. The van der Waals surface area contributed by atoms with Gasteiger partial charge in [-0.1, -0.05) is 120 Å². The predicted molar refractivity (Wildman–Crippen MR) is 154 cm³/mol. The van der Waals surface area contributed by atoms with E-state index in [-0.39, 0.29) is 0 Å². The van der Waals surface area contributed by atoms with Gasteiger partial charge in [0.15, 0.2) is 23.4 Å². The van der Waals surface area contributed by atoms with Crippen LogP contribution in [-0.4, -0.2) is 10.2 Å². The van der Waals surface area contributed by atoms with Crippen molar-refractivity contribution in [3.8, 4) is 11.5 Å². The maximum absolute atomic E-state index is 12.7. The van der Waals surface area contributed by atoms with Gasteiger partial charge in [-0.15, -0.1) is 0 Å². The Hall–Kier alpha value is -4.38. The van der Waals surface area contributed by atoms with Crippen molar-refractivity contribution in [1.82, 2.24) is 0 Å². The van der Waals surface area contributed by atoms with Crippen LogP contribution in [0.2, 0.25) is 0 Å². The second-order valence-corrected chi connectivity index (χ2v) is 10.9. The molecule has 4 heteroatoms. The van der Waals surface area contributed by atoms with Gasteiger partial charge < -0.3 is 19.7 Å². The van der Waals surface area contributed by atoms with E-state index in [1.807, 2.05) is 135 Å². The third kappa shape index (κ3) is 3.60. The Bertz CT molecular complexity index is 1560. The summed E-state index contributed by atoms with van der Waals surface area (Å²) in [5, 5.41) is 25.3. The first-order chi connectivity index (χ1) is 19.4. The minimum absolute atomic E-state index is 0.538. The lowest BCUT2D eigenvalue weighted by Gasteiger charge is -2.32. The Balaban J connectivity index is 1.45. The van der Waals surface area contributed by atoms with Crippen LogP contribution in [-0.2, 0) is 11.2 Å². The van der Waals surface area contributed by atoms with Crippen LogP contribution in [0, 0.1) is 13.8 Å². The van der Waals surface area contributed by atoms with Gasteiger partial charge in [0, 0.05) is 17.2 Å². The topological polar surface area (TPSA) is 58.9 Å². The van der Waals surface area contributed by atoms with Gasteiger partial charge >= 0.3 is 0 Å². The fourth-order valence-electron chi connectivity index (χ4n) is 6.16. The van der Waals surface area contributed by atoms with Gasteiger partial charge in [0.25, 0.3) is 0 Å². The van der Waals surface area contributed by atoms with Gasteiger partial charge in [-0.2, -0.15) is 0 Å². The molecule has 0 fully saturated rings. The number of rotatable bonds is 4. The van der Waals surface area contributed by atoms with Crippen LogP contribution in [0.15, 0.2) is 121 Å². The molecule has 0 amide bonds. The van der Waals surface area contributed by atoms with Gasteiger partial charge in [0.2, 0.25) is 0 Å². The predicted octanol–water partition coefficient (Wildman–Crippen LogP) is 7.04. The van der Waals surface area contributed by atoms with Crippen molar-refractivity contribution in [3.05, 3.63) is 166 Å². The third-order valence-electron chi connectivity index (χ3n) is 8.34. The lowest BCUT2D eigenvalue weighted by molar-refractivity contribution is -0.0118. The highest BCUT2D eigenvalue weighted by molar-refractivity contribution is 5.62. The molecule has 0 saturated carbocycles. The molecule has 5 aromatic carbocycles. The quantitative estimate of drug-likeness (QED) is 0.264. The second-order valence-electron chi connectivity index (χ2n) is 10.9. The number of hydrogen-bond acceptors (Lipinski definition) is 4. The average molecular weight is 527 g/mol. The van der Waals surface area contributed by atoms with Crippen molar-refractivity contribution >= 4 is 0 Å². The van der Waals surface area contributed by atoms with Crippen LogP contribution in [0.5, 0.6) is 11.5 Å². The average Bonchev–Trinajstić information content (AvgIpc) is 3.45. The molecular weight excluding hydrogens is 496 g/mol. The number of ether oxygens (including phenoxy) is 2. The van der Waals surface area contributed by atoms with Crippen LogP contribution in [0.4, 0.5) is 0 Å². The molecule has 2 heterocycles. The number of hydrogen-bond donors (Lipinski definition) is 2. The normalized spacial score (nSPS) is 24.6. The largest absolute Gasteiger partial charge is 0.481 e. The Kier molecular flexibility index (Phi) is 5.60. The first kappa shape index (κ1) is 24.6. The summed E-state index contributed by atoms with van der Waals surface area (Å²) < 4.78 is 13.1. The molecule has 198 valence electrons. The SMILES string of the molecule is Cc1ccc(C2(O)c3cc4c(cc3OC2c2ccccc2)OC(c2ccccc2)C4(O)c2ccc(C)cc2)cc1. The molecule has 0 bridgehead atoms. The summed E-state index contributed by atoms with van der Waals surface area (Å²) in [7, 11) is 0. The summed E-state index contributed by atoms with van der Waals surface area (Å²) >= 11 is 0. The second kappa shape index (κ2) is 9.09. The molecule has 7 rings (SSSR count). The fraction of sp³-hybridized carbons (Fsp3) is 0.167. The molecule has 2 aliphatic rings. The highest BCUT2D eigenvalue weighted by Crippen LogP contribution is 2.59. The Morgan fingerprint density at radius 1 is 0.500 bits per heavy atom. The first-order valence-corrected chi connectivity index (χ1v) is 13.6. The molecule has 0 aliphatic carbocycles. The van der Waals surface area contributed by atoms with E-state index in [1.165, 1.54) is 0 Å². The van der Waals surface area contributed by atoms with Crippen LogP contribution in [0.25, 0.3) is 0 Å². The Morgan fingerprint density at radius 2 is 0.875 bits per heavy atom. The molecule has 4 unspecified atom stereocenters. The van der Waals surface area contributed by atoms with Crippen molar-refractivity contribution in [1.29, 1.82) is 0 Å².